The average molecular weight is 1160 g/mol. The Labute approximate surface area is 473 Å². The summed E-state index contributed by atoms with van der Waals surface area (Å²) in [7, 11) is 0. The molecule has 2 aliphatic rings. The summed E-state index contributed by atoms with van der Waals surface area (Å²) < 4.78 is 0. The highest BCUT2D eigenvalue weighted by molar-refractivity contribution is 5.99. The number of hydrogen-bond donors (Lipinski definition) is 13. The van der Waals surface area contributed by atoms with E-state index in [1.807, 2.05) is 0 Å². The van der Waals surface area contributed by atoms with E-state index in [-0.39, 0.29) is 44.5 Å². The van der Waals surface area contributed by atoms with Crippen molar-refractivity contribution in [3.05, 3.63) is 29.8 Å². The molecule has 0 saturated carbocycles. The lowest BCUT2D eigenvalue weighted by Crippen LogP contribution is -2.61. The molecule has 0 spiro atoms. The lowest BCUT2D eigenvalue weighted by Gasteiger charge is -2.34. The van der Waals surface area contributed by atoms with Crippen LogP contribution in [-0.2, 0) is 73.5 Å². The highest BCUT2D eigenvalue weighted by atomic mass is 16.4. The number of carbonyl (C=O) groups is 14. The van der Waals surface area contributed by atoms with Crippen molar-refractivity contribution in [1.82, 2.24) is 47.0 Å². The van der Waals surface area contributed by atoms with E-state index in [0.29, 0.717) is 24.8 Å². The minimum Gasteiger partial charge on any atom is -0.508 e. The van der Waals surface area contributed by atoms with Gasteiger partial charge in [-0.2, -0.15) is 0 Å². The number of nitrogens with two attached hydrogens (primary N) is 1. The van der Waals surface area contributed by atoms with Crippen molar-refractivity contribution in [2.75, 3.05) is 13.1 Å². The van der Waals surface area contributed by atoms with Gasteiger partial charge in [-0.3, -0.25) is 62.3 Å². The molecule has 29 nitrogen and oxygen atoms in total. The lowest BCUT2D eigenvalue weighted by atomic mass is 9.95. The number of rotatable bonds is 34. The largest absolute Gasteiger partial charge is 0.508 e. The minimum atomic E-state index is -1.67. The Morgan fingerprint density at radius 1 is 0.524 bits per heavy atom. The first kappa shape index (κ1) is 67.9. The van der Waals surface area contributed by atoms with Crippen LogP contribution in [0.3, 0.4) is 0 Å². The smallest absolute Gasteiger partial charge is 0.326 e. The molecule has 14 N–H and O–H groups in total. The lowest BCUT2D eigenvalue weighted by molar-refractivity contribution is -0.145. The topological polar surface area (TPSA) is 457 Å². The van der Waals surface area contributed by atoms with Crippen LogP contribution in [0.4, 0.5) is 0 Å². The van der Waals surface area contributed by atoms with Crippen molar-refractivity contribution in [3.63, 3.8) is 0 Å². The van der Waals surface area contributed by atoms with Crippen molar-refractivity contribution in [2.45, 2.75) is 185 Å². The van der Waals surface area contributed by atoms with Crippen LogP contribution in [0.15, 0.2) is 24.3 Å². The number of phenols is 1. The summed E-state index contributed by atoms with van der Waals surface area (Å²) in [5, 5.41) is 65.1. The fourth-order valence-electron chi connectivity index (χ4n) is 9.41. The second kappa shape index (κ2) is 32.8. The predicted molar refractivity (Wildman–Crippen MR) is 286 cm³/mol. The van der Waals surface area contributed by atoms with E-state index in [1.54, 1.807) is 27.7 Å². The van der Waals surface area contributed by atoms with Crippen molar-refractivity contribution < 1.29 is 92.7 Å². The second-order valence-corrected chi connectivity index (χ2v) is 20.6. The number of nitrogens with one attached hydrogen (secondary N) is 7. The van der Waals surface area contributed by atoms with Gasteiger partial charge in [-0.25, -0.2) is 4.79 Å². The van der Waals surface area contributed by atoms with Crippen LogP contribution in [-0.4, -0.2) is 186 Å². The Morgan fingerprint density at radius 3 is 1.44 bits per heavy atom. The molecular weight excluding hydrogens is 1080 g/mol. The van der Waals surface area contributed by atoms with Crippen LogP contribution in [0, 0.1) is 11.8 Å². The Morgan fingerprint density at radius 2 is 0.951 bits per heavy atom. The Hall–Kier alpha value is -8.40. The van der Waals surface area contributed by atoms with E-state index < -0.39 is 201 Å². The molecule has 1 aromatic carbocycles. The molecule has 1 aromatic rings. The van der Waals surface area contributed by atoms with Gasteiger partial charge >= 0.3 is 23.9 Å². The summed E-state index contributed by atoms with van der Waals surface area (Å²) in [6.45, 7) is 7.82. The summed E-state index contributed by atoms with van der Waals surface area (Å²) in [6.07, 6.45) is -2.98. The van der Waals surface area contributed by atoms with E-state index >= 15 is 0 Å². The molecule has 2 aliphatic heterocycles. The molecule has 0 bridgehead atoms. The SMILES string of the molecule is CC[C@H](C)[C@H](NC(=O)[C@@H]1CCCN1C(=O)[C@@H](NC(=O)[C@H](Cc1ccc(O)cc1)NC(=O)[C@@H]1CCCN1C(=O)[C@H](CCC(=O)O)NC(=O)[C@H](CCC(N)=O)NC(=O)[C@H](CCC(=O)O)NC(C)=O)[C@@H](C)CC)C(=O)N[C@@H](CCC(=O)O)C(=O)O. The van der Waals surface area contributed by atoms with Crippen LogP contribution in [0.1, 0.15) is 130 Å². The zero-order valence-corrected chi connectivity index (χ0v) is 46.6. The van der Waals surface area contributed by atoms with Gasteiger partial charge in [0.05, 0.1) is 0 Å². The number of carboxylic acids is 4. The molecule has 2 saturated heterocycles. The fraction of sp³-hybridized carbons (Fsp3) is 0.623. The highest BCUT2D eigenvalue weighted by Crippen LogP contribution is 2.25. The maximum absolute atomic E-state index is 14.7. The number of benzene rings is 1. The maximum Gasteiger partial charge on any atom is 0.326 e. The molecule has 82 heavy (non-hydrogen) atoms. The Bertz CT molecular complexity index is 2510. The van der Waals surface area contributed by atoms with Crippen LogP contribution in [0.2, 0.25) is 0 Å². The van der Waals surface area contributed by atoms with Crippen molar-refractivity contribution in [2.24, 2.45) is 17.6 Å². The standard InChI is InChI=1S/C53H78N10O19/c1-6-27(3)43(50(78)58-35(53(81)82)19-23-42(71)72)60-49(77)38-11-9-25-63(38)52(80)44(28(4)7-2)61-47(75)36(26-30-12-14-31(65)15-13-30)59-48(76)37-10-8-24-62(37)51(79)34(18-22-41(69)70)57-46(74)33(16-20-39(54)66)56-45(73)32(55-29(5)64)17-21-40(67)68/h12-15,27-28,32-38,43-44,65H,6-11,16-26H2,1-5H3,(H2,54,66)(H,55,64)(H,56,73)(H,57,74)(H,58,78)(H,59,76)(H,60,77)(H,61,75)(H,67,68)(H,69,70)(H,71,72)(H,81,82)/t27-,28-,32-,33-,34-,35-,36-,37-,38-,43-,44-/m0/s1. The van der Waals surface area contributed by atoms with Gasteiger partial charge in [0.15, 0.2) is 0 Å². The highest BCUT2D eigenvalue weighted by Gasteiger charge is 2.44. The van der Waals surface area contributed by atoms with E-state index in [1.165, 1.54) is 29.2 Å². The number of likely N-dealkylation sites (tertiary alicyclic amines) is 2. The molecule has 0 radical (unpaired) electrons. The molecule has 454 valence electrons. The van der Waals surface area contributed by atoms with Crippen LogP contribution < -0.4 is 43.0 Å². The van der Waals surface area contributed by atoms with Gasteiger partial charge in [0.2, 0.25) is 59.1 Å². The van der Waals surface area contributed by atoms with Crippen LogP contribution in [0.5, 0.6) is 5.75 Å². The van der Waals surface area contributed by atoms with Gasteiger partial charge in [-0.05, 0) is 80.9 Å². The van der Waals surface area contributed by atoms with Gasteiger partial charge < -0.3 is 78.3 Å². The third kappa shape index (κ3) is 21.2. The van der Waals surface area contributed by atoms with Gasteiger partial charge in [0, 0.05) is 52.1 Å². The number of nitrogens with zero attached hydrogens (tertiary/aromatic N) is 2. The summed E-state index contributed by atoms with van der Waals surface area (Å²) in [5.74, 6) is -15.4. The van der Waals surface area contributed by atoms with Crippen molar-refractivity contribution in [1.29, 1.82) is 0 Å². The molecule has 2 heterocycles. The third-order valence-corrected chi connectivity index (χ3v) is 14.4. The molecule has 0 aliphatic carbocycles. The number of primary amides is 1. The molecule has 10 amide bonds. The molecular formula is C53H78N10O19. The number of hydrogen-bond acceptors (Lipinski definition) is 15. The van der Waals surface area contributed by atoms with Crippen LogP contribution in [0.25, 0.3) is 0 Å². The van der Waals surface area contributed by atoms with Gasteiger partial charge in [-0.1, -0.05) is 52.7 Å². The molecule has 2 fully saturated rings. The van der Waals surface area contributed by atoms with Gasteiger partial charge in [0.25, 0.3) is 0 Å². The number of amides is 10. The molecule has 11 atom stereocenters. The predicted octanol–water partition coefficient (Wildman–Crippen LogP) is -1.63. The zero-order chi connectivity index (χ0) is 61.5. The average Bonchev–Trinajstić information content (AvgIpc) is 4.31. The second-order valence-electron chi connectivity index (χ2n) is 20.6. The fourth-order valence-corrected chi connectivity index (χ4v) is 9.41. The zero-order valence-electron chi connectivity index (χ0n) is 46.6. The van der Waals surface area contributed by atoms with Gasteiger partial charge in [-0.15, -0.1) is 0 Å². The number of carboxylic acid groups (broad SMARTS) is 4. The number of aliphatic carboxylic acids is 4. The van der Waals surface area contributed by atoms with E-state index in [0.717, 1.165) is 11.8 Å². The van der Waals surface area contributed by atoms with Crippen molar-refractivity contribution >= 4 is 82.9 Å². The Balaban J connectivity index is 1.93. The number of aromatic hydroxyl groups is 1. The summed E-state index contributed by atoms with van der Waals surface area (Å²) in [6, 6.07) is -7.29. The van der Waals surface area contributed by atoms with E-state index in [2.05, 4.69) is 37.2 Å². The van der Waals surface area contributed by atoms with Crippen molar-refractivity contribution in [3.8, 4) is 5.75 Å². The first-order chi connectivity index (χ1) is 38.6. The summed E-state index contributed by atoms with van der Waals surface area (Å²) in [4.78, 5) is 185. The molecule has 0 aromatic heterocycles. The van der Waals surface area contributed by atoms with Crippen LogP contribution >= 0.6 is 0 Å². The quantitative estimate of drug-likeness (QED) is 0.0368. The summed E-state index contributed by atoms with van der Waals surface area (Å²) in [5.41, 5.74) is 5.75. The number of phenolic OH excluding ortho intramolecular Hbond substituents is 1. The first-order valence-corrected chi connectivity index (χ1v) is 27.2. The molecule has 29 heteroatoms. The molecule has 3 rings (SSSR count). The Kier molecular flexibility index (Phi) is 27.1. The normalized spacial score (nSPS) is 18.1. The van der Waals surface area contributed by atoms with E-state index in [4.69, 9.17) is 10.8 Å². The van der Waals surface area contributed by atoms with Gasteiger partial charge in [0.1, 0.15) is 60.1 Å². The summed E-state index contributed by atoms with van der Waals surface area (Å²) >= 11 is 0. The maximum atomic E-state index is 14.7. The third-order valence-electron chi connectivity index (χ3n) is 14.4. The monoisotopic (exact) mass is 1160 g/mol. The minimum absolute atomic E-state index is 0.0136. The number of carbonyl (C=O) groups excluding carboxylic acids is 10. The first-order valence-electron chi connectivity index (χ1n) is 27.2. The van der Waals surface area contributed by atoms with E-state index in [9.17, 15) is 87.5 Å². The molecule has 0 unspecified atom stereocenters.